The van der Waals surface area contributed by atoms with Gasteiger partial charge in [-0.15, -0.1) is 24.8 Å². The minimum atomic E-state index is 0. The Labute approximate surface area is 356 Å². The quantitative estimate of drug-likeness (QED) is 0.124. The van der Waals surface area contributed by atoms with Gasteiger partial charge in [0.25, 0.3) is 0 Å². The summed E-state index contributed by atoms with van der Waals surface area (Å²) in [4.78, 5) is 4.74. The van der Waals surface area contributed by atoms with Gasteiger partial charge in [-0.05, 0) is 122 Å². The van der Waals surface area contributed by atoms with E-state index in [1.165, 1.54) is 22.3 Å². The molecule has 4 aromatic carbocycles. The van der Waals surface area contributed by atoms with Crippen LogP contribution in [0.1, 0.15) is 45.5 Å². The van der Waals surface area contributed by atoms with E-state index in [2.05, 4.69) is 48.2 Å². The van der Waals surface area contributed by atoms with Crippen molar-refractivity contribution in [2.75, 3.05) is 98.3 Å². The van der Waals surface area contributed by atoms with Crippen LogP contribution in [-0.2, 0) is 25.7 Å². The minimum absolute atomic E-state index is 0. The van der Waals surface area contributed by atoms with Crippen LogP contribution < -0.4 is 47.4 Å². The summed E-state index contributed by atoms with van der Waals surface area (Å²) in [6.07, 6.45) is 3.60. The summed E-state index contributed by atoms with van der Waals surface area (Å²) < 4.78 is 55.0. The molecule has 4 aromatic rings. The number of fused-ring (bicyclic) bond motifs is 2. The van der Waals surface area contributed by atoms with Gasteiger partial charge in [-0.2, -0.15) is 0 Å². The fourth-order valence-electron chi connectivity index (χ4n) is 7.79. The highest BCUT2D eigenvalue weighted by Gasteiger charge is 2.30. The Kier molecular flexibility index (Phi) is 18.1. The first-order chi connectivity index (χ1) is 27.1. The predicted octanol–water partition coefficient (Wildman–Crippen LogP) is 7.85. The number of benzene rings is 4. The van der Waals surface area contributed by atoms with E-state index in [1.54, 1.807) is 71.1 Å². The van der Waals surface area contributed by atoms with Crippen molar-refractivity contribution in [3.8, 4) is 57.5 Å². The molecule has 2 heterocycles. The van der Waals surface area contributed by atoms with Crippen LogP contribution in [0.5, 0.6) is 57.5 Å². The maximum Gasteiger partial charge on any atom is 0.203 e. The first kappa shape index (κ1) is 47.8. The lowest BCUT2D eigenvalue weighted by atomic mass is 9.88. The number of hydrogen-bond acceptors (Lipinski definition) is 12. The van der Waals surface area contributed by atoms with Gasteiger partial charge in [-0.25, -0.2) is 0 Å². The van der Waals surface area contributed by atoms with Crippen LogP contribution in [0.4, 0.5) is 0 Å². The van der Waals surface area contributed by atoms with E-state index in [4.69, 9.17) is 47.4 Å². The number of ether oxygens (including phenoxy) is 10. The Balaban J connectivity index is 0.000000300. The van der Waals surface area contributed by atoms with Crippen molar-refractivity contribution in [1.29, 1.82) is 0 Å². The molecule has 2 atom stereocenters. The molecule has 0 saturated heterocycles. The Bertz CT molecular complexity index is 1770. The third-order valence-electron chi connectivity index (χ3n) is 10.8. The van der Waals surface area contributed by atoms with Crippen molar-refractivity contribution in [3.05, 3.63) is 81.9 Å². The van der Waals surface area contributed by atoms with Crippen molar-refractivity contribution in [3.63, 3.8) is 0 Å². The van der Waals surface area contributed by atoms with Crippen LogP contribution in [0.2, 0.25) is 0 Å². The molecular weight excluding hydrogens is 787 g/mol. The molecule has 0 amide bonds. The van der Waals surface area contributed by atoms with Crippen LogP contribution in [0.3, 0.4) is 0 Å². The summed E-state index contributed by atoms with van der Waals surface area (Å²) >= 11 is 0. The van der Waals surface area contributed by atoms with Gasteiger partial charge in [0.2, 0.25) is 11.5 Å². The Morgan fingerprint density at radius 2 is 0.672 bits per heavy atom. The van der Waals surface area contributed by atoms with Gasteiger partial charge in [-0.3, -0.25) is 9.80 Å². The highest BCUT2D eigenvalue weighted by atomic mass is 35.5. The van der Waals surface area contributed by atoms with Crippen molar-refractivity contribution >= 4 is 24.8 Å². The van der Waals surface area contributed by atoms with Crippen molar-refractivity contribution in [1.82, 2.24) is 9.80 Å². The normalized spacial score (nSPS) is 15.7. The highest BCUT2D eigenvalue weighted by molar-refractivity contribution is 5.85. The lowest BCUT2D eigenvalue weighted by Crippen LogP contribution is -2.33. The van der Waals surface area contributed by atoms with Gasteiger partial charge < -0.3 is 47.4 Å². The SMILES string of the molecule is COc1cc2c(cc1OC)C(Cc1cc(OC)c(OC)c(OC)c1)N(C)CC2.COc1cc2c(cc1OC)C(Cc1cc(OC)c(OC)c(OC)c1)N(C)CC2.Cl.Cl. The molecule has 14 heteroatoms. The van der Waals surface area contributed by atoms with Gasteiger partial charge in [0, 0.05) is 25.2 Å². The highest BCUT2D eigenvalue weighted by Crippen LogP contribution is 2.44. The zero-order chi connectivity index (χ0) is 40.5. The summed E-state index contributed by atoms with van der Waals surface area (Å²) in [6.45, 7) is 1.97. The fourth-order valence-corrected chi connectivity index (χ4v) is 7.79. The van der Waals surface area contributed by atoms with Crippen LogP contribution in [0, 0.1) is 0 Å². The van der Waals surface area contributed by atoms with Gasteiger partial charge in [0.05, 0.1) is 71.1 Å². The topological polar surface area (TPSA) is 98.8 Å². The van der Waals surface area contributed by atoms with E-state index in [0.717, 1.165) is 72.9 Å². The first-order valence-corrected chi connectivity index (χ1v) is 18.6. The largest absolute Gasteiger partial charge is 0.493 e. The lowest BCUT2D eigenvalue weighted by molar-refractivity contribution is 0.227. The number of nitrogens with zero attached hydrogens (tertiary/aromatic N) is 2. The standard InChI is InChI=1S/2C22H29NO5.2ClH/c2*1-23-8-7-15-12-18(24-2)19(25-3)13-16(15)17(23)9-14-10-20(26-4)22(28-6)21(11-14)27-5;;/h2*10-13,17H,7-9H2,1-6H3;2*1H. The molecular formula is C44H60Cl2N2O10. The second kappa shape index (κ2) is 21.9. The van der Waals surface area contributed by atoms with Crippen LogP contribution in [-0.4, -0.2) is 108 Å². The Morgan fingerprint density at radius 1 is 0.397 bits per heavy atom. The molecule has 12 nitrogen and oxygen atoms in total. The summed E-state index contributed by atoms with van der Waals surface area (Å²) in [7, 11) is 20.8. The first-order valence-electron chi connectivity index (χ1n) is 18.6. The zero-order valence-electron chi connectivity index (χ0n) is 35.8. The van der Waals surface area contributed by atoms with Gasteiger partial charge in [0.15, 0.2) is 46.0 Å². The second-order valence-electron chi connectivity index (χ2n) is 13.8. The fraction of sp³-hybridized carbons (Fsp3) is 0.455. The summed E-state index contributed by atoms with van der Waals surface area (Å²) in [6, 6.07) is 16.9. The van der Waals surface area contributed by atoms with E-state index in [1.807, 2.05) is 24.3 Å². The van der Waals surface area contributed by atoms with Crippen LogP contribution >= 0.6 is 24.8 Å². The molecule has 0 aliphatic carbocycles. The number of rotatable bonds is 14. The minimum Gasteiger partial charge on any atom is -0.493 e. The molecule has 2 unspecified atom stereocenters. The van der Waals surface area contributed by atoms with E-state index < -0.39 is 0 Å². The monoisotopic (exact) mass is 846 g/mol. The second-order valence-corrected chi connectivity index (χ2v) is 13.8. The van der Waals surface area contributed by atoms with Crippen molar-refractivity contribution in [2.24, 2.45) is 0 Å². The zero-order valence-corrected chi connectivity index (χ0v) is 37.4. The Hall–Kier alpha value is -4.62. The van der Waals surface area contributed by atoms with E-state index in [9.17, 15) is 0 Å². The van der Waals surface area contributed by atoms with E-state index in [-0.39, 0.29) is 36.9 Å². The number of methoxy groups -OCH3 is 10. The molecule has 0 spiro atoms. The molecule has 6 rings (SSSR count). The van der Waals surface area contributed by atoms with Gasteiger partial charge in [-0.1, -0.05) is 0 Å². The molecule has 2 aliphatic rings. The van der Waals surface area contributed by atoms with Crippen LogP contribution in [0.15, 0.2) is 48.5 Å². The number of likely N-dealkylation sites (N-methyl/N-ethyl adjacent to an activating group) is 2. The Morgan fingerprint density at radius 3 is 0.931 bits per heavy atom. The molecule has 0 aromatic heterocycles. The average molecular weight is 848 g/mol. The van der Waals surface area contributed by atoms with Crippen molar-refractivity contribution in [2.45, 2.75) is 37.8 Å². The lowest BCUT2D eigenvalue weighted by Gasteiger charge is -2.35. The third kappa shape index (κ3) is 10.1. The van der Waals surface area contributed by atoms with Gasteiger partial charge >= 0.3 is 0 Å². The number of halogens is 2. The summed E-state index contributed by atoms with van der Waals surface area (Å²) in [5, 5.41) is 0. The van der Waals surface area contributed by atoms with Crippen LogP contribution in [0.25, 0.3) is 0 Å². The summed E-state index contributed by atoms with van der Waals surface area (Å²) in [5.74, 6) is 6.96. The maximum atomic E-state index is 5.54. The number of hydrogen-bond donors (Lipinski definition) is 0. The molecule has 320 valence electrons. The van der Waals surface area contributed by atoms with Gasteiger partial charge in [0.1, 0.15) is 0 Å². The summed E-state index contributed by atoms with van der Waals surface area (Å²) in [5.41, 5.74) is 7.37. The smallest absolute Gasteiger partial charge is 0.203 e. The average Bonchev–Trinajstić information content (AvgIpc) is 3.23. The molecule has 2 aliphatic heterocycles. The molecule has 58 heavy (non-hydrogen) atoms. The molecule has 0 bridgehead atoms. The molecule has 0 radical (unpaired) electrons. The predicted molar refractivity (Wildman–Crippen MR) is 231 cm³/mol. The third-order valence-corrected chi connectivity index (χ3v) is 10.8. The molecule has 0 N–H and O–H groups in total. The van der Waals surface area contributed by atoms with E-state index in [0.29, 0.717) is 34.5 Å². The van der Waals surface area contributed by atoms with E-state index >= 15 is 0 Å². The molecule has 0 saturated carbocycles. The maximum absolute atomic E-state index is 5.54. The molecule has 0 fully saturated rings. The van der Waals surface area contributed by atoms with Crippen molar-refractivity contribution < 1.29 is 47.4 Å².